The zero-order valence-electron chi connectivity index (χ0n) is 17.5. The number of hydrogen-bond donors (Lipinski definition) is 5. The zero-order chi connectivity index (χ0) is 21.5. The number of nitrogens with zero attached hydrogens (tertiary/aromatic N) is 2. The van der Waals surface area contributed by atoms with Crippen molar-refractivity contribution in [1.82, 2.24) is 20.5 Å². The Hall–Kier alpha value is -3.84. The molecule has 0 amide bonds. The molecule has 32 heavy (non-hydrogen) atoms. The van der Waals surface area contributed by atoms with E-state index in [1.165, 1.54) is 5.56 Å². The van der Waals surface area contributed by atoms with Crippen LogP contribution < -0.4 is 16.4 Å². The van der Waals surface area contributed by atoms with Gasteiger partial charge in [-0.15, -0.1) is 0 Å². The lowest BCUT2D eigenvalue weighted by molar-refractivity contribution is 0.381. The number of aliphatic imine (C=N–C) groups is 1. The van der Waals surface area contributed by atoms with Gasteiger partial charge in [0.2, 0.25) is 0 Å². The molecule has 3 atom stereocenters. The van der Waals surface area contributed by atoms with Crippen molar-refractivity contribution in [2.75, 3.05) is 5.32 Å². The minimum absolute atomic E-state index is 0.491. The molecular weight excluding hydrogens is 398 g/mol. The summed E-state index contributed by atoms with van der Waals surface area (Å²) in [5, 5.41) is 15.5. The van der Waals surface area contributed by atoms with Gasteiger partial charge < -0.3 is 15.6 Å². The quantitative estimate of drug-likeness (QED) is 0.324. The van der Waals surface area contributed by atoms with Crippen LogP contribution in [0.1, 0.15) is 35.1 Å². The number of nitrogens with one attached hydrogen (secondary N) is 4. The zero-order valence-corrected chi connectivity index (χ0v) is 17.5. The second-order valence-corrected chi connectivity index (χ2v) is 8.63. The van der Waals surface area contributed by atoms with E-state index in [4.69, 9.17) is 5.73 Å². The molecule has 1 saturated carbocycles. The highest BCUT2D eigenvalue weighted by atomic mass is 15.3. The minimum Gasteiger partial charge on any atom is -0.361 e. The average molecular weight is 424 g/mol. The van der Waals surface area contributed by atoms with Crippen molar-refractivity contribution in [3.8, 4) is 0 Å². The van der Waals surface area contributed by atoms with Crippen LogP contribution in [0.4, 0.5) is 5.82 Å². The van der Waals surface area contributed by atoms with Crippen LogP contribution in [-0.2, 0) is 6.42 Å². The highest BCUT2D eigenvalue weighted by molar-refractivity contribution is 5.83. The molecule has 7 nitrogen and oxygen atoms in total. The monoisotopic (exact) mass is 423 g/mol. The van der Waals surface area contributed by atoms with Crippen molar-refractivity contribution < 1.29 is 0 Å². The number of fused-ring (bicyclic) bond motifs is 1. The third kappa shape index (κ3) is 3.56. The first-order valence-corrected chi connectivity index (χ1v) is 10.9. The van der Waals surface area contributed by atoms with Crippen molar-refractivity contribution in [3.05, 3.63) is 95.6 Å². The first-order chi connectivity index (χ1) is 15.7. The molecule has 1 aliphatic carbocycles. The van der Waals surface area contributed by atoms with E-state index in [1.807, 2.05) is 18.3 Å². The van der Waals surface area contributed by atoms with Gasteiger partial charge in [-0.05, 0) is 41.7 Å². The second-order valence-electron chi connectivity index (χ2n) is 8.63. The van der Waals surface area contributed by atoms with Gasteiger partial charge in [0.25, 0.3) is 0 Å². The Bertz CT molecular complexity index is 1320. The van der Waals surface area contributed by atoms with Crippen LogP contribution in [-0.4, -0.2) is 27.2 Å². The smallest absolute Gasteiger partial charge is 0.187 e. The maximum atomic E-state index is 6.61. The molecule has 6 N–H and O–H groups in total. The van der Waals surface area contributed by atoms with Crippen LogP contribution in [0.25, 0.3) is 10.9 Å². The normalized spacial score (nSPS) is 24.2. The molecule has 3 heterocycles. The third-order valence-corrected chi connectivity index (χ3v) is 6.32. The SMILES string of the molecule is NC1(Cc2cccc3[nH]ccc23)N=CC=C(Nc2cc([C@@H]3C[C@H]3c3ccccc3)[nH]n2)N1. The fraction of sp³-hybridized carbons (Fsp3) is 0.200. The largest absolute Gasteiger partial charge is 0.361 e. The summed E-state index contributed by atoms with van der Waals surface area (Å²) in [5.41, 5.74) is 11.4. The lowest BCUT2D eigenvalue weighted by atomic mass is 10.0. The Morgan fingerprint density at radius 2 is 1.97 bits per heavy atom. The number of allylic oxidation sites excluding steroid dienone is 1. The maximum Gasteiger partial charge on any atom is 0.187 e. The molecule has 2 aliphatic rings. The van der Waals surface area contributed by atoms with E-state index in [2.05, 4.69) is 85.4 Å². The van der Waals surface area contributed by atoms with Gasteiger partial charge in [0.05, 0.1) is 0 Å². The number of benzene rings is 2. The predicted octanol–water partition coefficient (Wildman–Crippen LogP) is 3.94. The lowest BCUT2D eigenvalue weighted by Crippen LogP contribution is -2.55. The number of nitrogens with two attached hydrogens (primary N) is 1. The molecule has 0 saturated heterocycles. The van der Waals surface area contributed by atoms with Gasteiger partial charge in [-0.3, -0.25) is 15.8 Å². The number of rotatable bonds is 6. The Morgan fingerprint density at radius 1 is 1.06 bits per heavy atom. The van der Waals surface area contributed by atoms with Gasteiger partial charge in [-0.2, -0.15) is 5.10 Å². The number of anilines is 1. The topological polar surface area (TPSA) is 107 Å². The lowest BCUT2D eigenvalue weighted by Gasteiger charge is -2.31. The molecule has 2 aromatic heterocycles. The average Bonchev–Trinajstić information content (AvgIpc) is 3.20. The third-order valence-electron chi connectivity index (χ3n) is 6.32. The van der Waals surface area contributed by atoms with Crippen LogP contribution in [0.2, 0.25) is 0 Å². The molecule has 1 unspecified atom stereocenters. The standard InChI is InChI=1S/C25H25N7/c26-25(15-17-7-4-8-21-18(17)9-11-27-21)28-12-10-23(30-25)29-24-14-22(31-32-24)20-13-19(20)16-5-2-1-3-6-16/h1-12,14,19-20,27,30H,13,15,26H2,(H2,29,31,32)/t19-,20+,25?/m0/s1. The summed E-state index contributed by atoms with van der Waals surface area (Å²) in [7, 11) is 0. The van der Waals surface area contributed by atoms with Crippen LogP contribution in [0.5, 0.6) is 0 Å². The molecule has 160 valence electrons. The van der Waals surface area contributed by atoms with Gasteiger partial charge in [0.15, 0.2) is 11.6 Å². The van der Waals surface area contributed by atoms with Gasteiger partial charge in [0.1, 0.15) is 5.82 Å². The van der Waals surface area contributed by atoms with Gasteiger partial charge in [-0.1, -0.05) is 42.5 Å². The van der Waals surface area contributed by atoms with Gasteiger partial charge in [-0.25, -0.2) is 0 Å². The van der Waals surface area contributed by atoms with Crippen molar-refractivity contribution >= 4 is 22.9 Å². The van der Waals surface area contributed by atoms with Gasteiger partial charge >= 0.3 is 0 Å². The van der Waals surface area contributed by atoms with Crippen LogP contribution in [0, 0.1) is 0 Å². The second kappa shape index (κ2) is 7.39. The highest BCUT2D eigenvalue weighted by Gasteiger charge is 2.40. The van der Waals surface area contributed by atoms with Crippen LogP contribution in [0.3, 0.4) is 0 Å². The van der Waals surface area contributed by atoms with E-state index in [1.54, 1.807) is 6.21 Å². The molecule has 0 bridgehead atoms. The summed E-state index contributed by atoms with van der Waals surface area (Å²) >= 11 is 0. The van der Waals surface area contributed by atoms with Crippen LogP contribution >= 0.6 is 0 Å². The van der Waals surface area contributed by atoms with E-state index in [-0.39, 0.29) is 0 Å². The fourth-order valence-electron chi connectivity index (χ4n) is 4.65. The molecule has 7 heteroatoms. The maximum absolute atomic E-state index is 6.61. The molecule has 1 fully saturated rings. The Balaban J connectivity index is 1.13. The summed E-state index contributed by atoms with van der Waals surface area (Å²) < 4.78 is 0. The van der Waals surface area contributed by atoms with E-state index < -0.39 is 5.79 Å². The van der Waals surface area contributed by atoms with Crippen LogP contribution in [0.15, 0.2) is 83.7 Å². The number of hydrogen-bond acceptors (Lipinski definition) is 5. The summed E-state index contributed by atoms with van der Waals surface area (Å²) in [6, 6.07) is 21.0. The Morgan fingerprint density at radius 3 is 2.88 bits per heavy atom. The molecule has 0 radical (unpaired) electrons. The summed E-state index contributed by atoms with van der Waals surface area (Å²) in [4.78, 5) is 7.76. The first-order valence-electron chi connectivity index (χ1n) is 10.9. The molecular formula is C25H25N7. The number of H-pyrrole nitrogens is 2. The Labute approximate surface area is 185 Å². The van der Waals surface area contributed by atoms with Gasteiger partial charge in [0, 0.05) is 47.4 Å². The number of aromatic nitrogens is 3. The van der Waals surface area contributed by atoms with E-state index >= 15 is 0 Å². The minimum atomic E-state index is -0.934. The summed E-state index contributed by atoms with van der Waals surface area (Å²) in [6.45, 7) is 0. The molecule has 4 aromatic rings. The van der Waals surface area contributed by atoms with E-state index in [0.717, 1.165) is 40.2 Å². The van der Waals surface area contributed by atoms with E-state index in [0.29, 0.717) is 18.3 Å². The number of aromatic amines is 2. The highest BCUT2D eigenvalue weighted by Crippen LogP contribution is 2.54. The molecule has 0 spiro atoms. The first kappa shape index (κ1) is 18.9. The fourth-order valence-corrected chi connectivity index (χ4v) is 4.65. The molecule has 6 rings (SSSR count). The summed E-state index contributed by atoms with van der Waals surface area (Å²) in [6.07, 6.45) is 7.27. The van der Waals surface area contributed by atoms with Crippen molar-refractivity contribution in [3.63, 3.8) is 0 Å². The Kier molecular flexibility index (Phi) is 4.36. The van der Waals surface area contributed by atoms with Crippen molar-refractivity contribution in [1.29, 1.82) is 0 Å². The summed E-state index contributed by atoms with van der Waals surface area (Å²) in [5.74, 6) is 1.67. The van der Waals surface area contributed by atoms with Crippen molar-refractivity contribution in [2.24, 2.45) is 10.7 Å². The van der Waals surface area contributed by atoms with Crippen molar-refractivity contribution in [2.45, 2.75) is 30.5 Å². The predicted molar refractivity (Wildman–Crippen MR) is 127 cm³/mol. The molecule has 1 aliphatic heterocycles. The van der Waals surface area contributed by atoms with E-state index in [9.17, 15) is 0 Å². The molecule has 2 aromatic carbocycles.